The molecule has 0 aliphatic heterocycles. The molecule has 0 fully saturated rings. The summed E-state index contributed by atoms with van der Waals surface area (Å²) in [7, 11) is 1.41. The first-order valence-corrected chi connectivity index (χ1v) is 4.77. The Morgan fingerprint density at radius 1 is 1.19 bits per heavy atom. The third-order valence-corrected chi connectivity index (χ3v) is 2.03. The SMILES string of the molecule is COc1cc(Oc2[c]cccc2)ccc1F. The molecule has 0 N–H and O–H groups in total. The molecule has 0 atom stereocenters. The van der Waals surface area contributed by atoms with Crippen LogP contribution in [0.1, 0.15) is 0 Å². The molecule has 1 radical (unpaired) electrons. The van der Waals surface area contributed by atoms with Crippen LogP contribution in [0.2, 0.25) is 0 Å². The van der Waals surface area contributed by atoms with Crippen molar-refractivity contribution in [2.75, 3.05) is 7.11 Å². The smallest absolute Gasteiger partial charge is 0.165 e. The number of para-hydroxylation sites is 1. The summed E-state index contributed by atoms with van der Waals surface area (Å²) in [6.45, 7) is 0. The van der Waals surface area contributed by atoms with E-state index in [0.29, 0.717) is 11.5 Å². The highest BCUT2D eigenvalue weighted by Gasteiger charge is 2.04. The minimum absolute atomic E-state index is 0.161. The first-order valence-electron chi connectivity index (χ1n) is 4.77. The normalized spacial score (nSPS) is 9.88. The summed E-state index contributed by atoms with van der Waals surface area (Å²) < 4.78 is 23.5. The molecule has 2 aromatic carbocycles. The molecule has 0 bridgehead atoms. The summed E-state index contributed by atoms with van der Waals surface area (Å²) in [5.74, 6) is 0.845. The number of ether oxygens (including phenoxy) is 2. The summed E-state index contributed by atoms with van der Waals surface area (Å²) in [5.41, 5.74) is 0. The van der Waals surface area contributed by atoms with Crippen molar-refractivity contribution in [3.05, 3.63) is 54.3 Å². The van der Waals surface area contributed by atoms with Crippen molar-refractivity contribution in [3.8, 4) is 17.2 Å². The molecule has 81 valence electrons. The maximum absolute atomic E-state index is 13.1. The summed E-state index contributed by atoms with van der Waals surface area (Å²) in [6, 6.07) is 14.5. The van der Waals surface area contributed by atoms with Crippen molar-refractivity contribution >= 4 is 0 Å². The van der Waals surface area contributed by atoms with E-state index in [4.69, 9.17) is 9.47 Å². The van der Waals surface area contributed by atoms with Gasteiger partial charge in [-0.2, -0.15) is 0 Å². The second kappa shape index (κ2) is 4.66. The number of rotatable bonds is 3. The Labute approximate surface area is 93.2 Å². The van der Waals surface area contributed by atoms with Gasteiger partial charge in [0.2, 0.25) is 0 Å². The third kappa shape index (κ3) is 2.31. The topological polar surface area (TPSA) is 18.5 Å². The fourth-order valence-corrected chi connectivity index (χ4v) is 1.27. The molecule has 0 unspecified atom stereocenters. The first kappa shape index (κ1) is 10.5. The standard InChI is InChI=1S/C13H10FO2/c1-15-13-9-11(7-8-12(13)14)16-10-5-3-2-4-6-10/h2-5,7-9H,1H3. The lowest BCUT2D eigenvalue weighted by Crippen LogP contribution is -1.90. The molecule has 0 saturated carbocycles. The van der Waals surface area contributed by atoms with Gasteiger partial charge in [-0.15, -0.1) is 0 Å². The highest BCUT2D eigenvalue weighted by atomic mass is 19.1. The maximum atomic E-state index is 13.1. The number of hydrogen-bond donors (Lipinski definition) is 0. The van der Waals surface area contributed by atoms with Gasteiger partial charge < -0.3 is 9.47 Å². The van der Waals surface area contributed by atoms with Gasteiger partial charge in [-0.1, -0.05) is 18.2 Å². The third-order valence-electron chi connectivity index (χ3n) is 2.03. The quantitative estimate of drug-likeness (QED) is 0.784. The lowest BCUT2D eigenvalue weighted by Gasteiger charge is -2.07. The Bertz CT molecular complexity index is 469. The van der Waals surface area contributed by atoms with E-state index in [1.165, 1.54) is 19.2 Å². The molecule has 2 nitrogen and oxygen atoms in total. The van der Waals surface area contributed by atoms with Gasteiger partial charge in [0.05, 0.1) is 7.11 Å². The Balaban J connectivity index is 2.22. The second-order valence-corrected chi connectivity index (χ2v) is 3.13. The van der Waals surface area contributed by atoms with Gasteiger partial charge in [-0.25, -0.2) is 4.39 Å². The lowest BCUT2D eigenvalue weighted by molar-refractivity contribution is 0.381. The van der Waals surface area contributed by atoms with Crippen LogP contribution in [0.4, 0.5) is 4.39 Å². The van der Waals surface area contributed by atoms with E-state index >= 15 is 0 Å². The Morgan fingerprint density at radius 3 is 2.75 bits per heavy atom. The molecule has 0 spiro atoms. The minimum atomic E-state index is -0.410. The van der Waals surface area contributed by atoms with Gasteiger partial charge in [0, 0.05) is 12.1 Å². The van der Waals surface area contributed by atoms with E-state index in [9.17, 15) is 4.39 Å². The molecule has 16 heavy (non-hydrogen) atoms. The van der Waals surface area contributed by atoms with Crippen molar-refractivity contribution in [2.45, 2.75) is 0 Å². The molecule has 3 heteroatoms. The van der Waals surface area contributed by atoms with Crippen LogP contribution in [0.15, 0.2) is 42.5 Å². The second-order valence-electron chi connectivity index (χ2n) is 3.13. The van der Waals surface area contributed by atoms with E-state index in [1.54, 1.807) is 18.2 Å². The summed E-state index contributed by atoms with van der Waals surface area (Å²) in [5, 5.41) is 0. The van der Waals surface area contributed by atoms with E-state index in [2.05, 4.69) is 6.07 Å². The van der Waals surface area contributed by atoms with Gasteiger partial charge in [-0.3, -0.25) is 0 Å². The van der Waals surface area contributed by atoms with E-state index < -0.39 is 5.82 Å². The molecule has 2 rings (SSSR count). The predicted molar refractivity (Wildman–Crippen MR) is 58.3 cm³/mol. The molecular weight excluding hydrogens is 207 g/mol. The van der Waals surface area contributed by atoms with Crippen molar-refractivity contribution in [1.82, 2.24) is 0 Å². The van der Waals surface area contributed by atoms with Gasteiger partial charge in [0.15, 0.2) is 11.6 Å². The summed E-state index contributed by atoms with van der Waals surface area (Å²) in [6.07, 6.45) is 0. The van der Waals surface area contributed by atoms with Crippen molar-refractivity contribution < 1.29 is 13.9 Å². The number of benzene rings is 2. The number of halogens is 1. The number of hydrogen-bond acceptors (Lipinski definition) is 2. The highest BCUT2D eigenvalue weighted by molar-refractivity contribution is 5.37. The average Bonchev–Trinajstić information content (AvgIpc) is 2.33. The zero-order valence-electron chi connectivity index (χ0n) is 8.74. The van der Waals surface area contributed by atoms with Crippen LogP contribution in [-0.2, 0) is 0 Å². The van der Waals surface area contributed by atoms with Gasteiger partial charge in [0.1, 0.15) is 11.5 Å². The molecule has 0 aliphatic carbocycles. The van der Waals surface area contributed by atoms with E-state index in [1.807, 2.05) is 12.1 Å². The Hall–Kier alpha value is -2.03. The molecule has 0 heterocycles. The summed E-state index contributed by atoms with van der Waals surface area (Å²) >= 11 is 0. The molecule has 0 aromatic heterocycles. The van der Waals surface area contributed by atoms with Gasteiger partial charge >= 0.3 is 0 Å². The van der Waals surface area contributed by atoms with Gasteiger partial charge in [-0.05, 0) is 18.2 Å². The molecular formula is C13H10FO2. The van der Waals surface area contributed by atoms with E-state index in [0.717, 1.165) is 0 Å². The van der Waals surface area contributed by atoms with Crippen LogP contribution in [0.25, 0.3) is 0 Å². The summed E-state index contributed by atoms with van der Waals surface area (Å²) in [4.78, 5) is 0. The van der Waals surface area contributed by atoms with Crippen LogP contribution in [0.5, 0.6) is 17.2 Å². The lowest BCUT2D eigenvalue weighted by atomic mass is 10.3. The van der Waals surface area contributed by atoms with Crippen LogP contribution in [0.3, 0.4) is 0 Å². The average molecular weight is 217 g/mol. The molecule has 0 amide bonds. The van der Waals surface area contributed by atoms with E-state index in [-0.39, 0.29) is 5.75 Å². The van der Waals surface area contributed by atoms with Crippen molar-refractivity contribution in [2.24, 2.45) is 0 Å². The van der Waals surface area contributed by atoms with Crippen LogP contribution in [0, 0.1) is 11.9 Å². The van der Waals surface area contributed by atoms with Crippen LogP contribution in [-0.4, -0.2) is 7.11 Å². The Morgan fingerprint density at radius 2 is 2.06 bits per heavy atom. The molecule has 2 aromatic rings. The largest absolute Gasteiger partial charge is 0.494 e. The fraction of sp³-hybridized carbons (Fsp3) is 0.0769. The number of methoxy groups -OCH3 is 1. The van der Waals surface area contributed by atoms with Crippen LogP contribution >= 0.6 is 0 Å². The van der Waals surface area contributed by atoms with Crippen molar-refractivity contribution in [1.29, 1.82) is 0 Å². The van der Waals surface area contributed by atoms with Crippen molar-refractivity contribution in [3.63, 3.8) is 0 Å². The minimum Gasteiger partial charge on any atom is -0.494 e. The van der Waals surface area contributed by atoms with Crippen LogP contribution < -0.4 is 9.47 Å². The Kier molecular flexibility index (Phi) is 3.05. The maximum Gasteiger partial charge on any atom is 0.165 e. The van der Waals surface area contributed by atoms with Gasteiger partial charge in [0.25, 0.3) is 0 Å². The fourth-order valence-electron chi connectivity index (χ4n) is 1.27. The highest BCUT2D eigenvalue weighted by Crippen LogP contribution is 2.26. The predicted octanol–water partition coefficient (Wildman–Crippen LogP) is 3.43. The first-order chi connectivity index (χ1) is 7.79. The molecule has 0 aliphatic rings. The zero-order valence-corrected chi connectivity index (χ0v) is 8.74. The zero-order chi connectivity index (χ0) is 11.4. The molecule has 0 saturated heterocycles. The monoisotopic (exact) mass is 217 g/mol.